The molecule has 0 spiro atoms. The van der Waals surface area contributed by atoms with Crippen molar-refractivity contribution in [3.63, 3.8) is 0 Å². The summed E-state index contributed by atoms with van der Waals surface area (Å²) < 4.78 is 6.40. The van der Waals surface area contributed by atoms with Gasteiger partial charge in [0.15, 0.2) is 0 Å². The molecule has 10 heteroatoms. The van der Waals surface area contributed by atoms with E-state index in [0.717, 1.165) is 5.56 Å². The second-order valence-corrected chi connectivity index (χ2v) is 10.3. The molecule has 1 aromatic heterocycles. The Balaban J connectivity index is 1.48. The van der Waals surface area contributed by atoms with Gasteiger partial charge in [-0.2, -0.15) is 0 Å². The van der Waals surface area contributed by atoms with Crippen molar-refractivity contribution in [1.29, 1.82) is 0 Å². The number of thiocarbonyl (C=S) groups is 1. The van der Waals surface area contributed by atoms with Gasteiger partial charge in [0.25, 0.3) is 5.91 Å². The van der Waals surface area contributed by atoms with E-state index in [4.69, 9.17) is 33.3 Å². The molecule has 7 nitrogen and oxygen atoms in total. The highest BCUT2D eigenvalue weighted by molar-refractivity contribution is 8.26. The Morgan fingerprint density at radius 3 is 2.54 bits per heavy atom. The third kappa shape index (κ3) is 5.48. The molecule has 1 aliphatic rings. The van der Waals surface area contributed by atoms with Gasteiger partial charge in [-0.15, -0.1) is 10.2 Å². The molecule has 0 radical (unpaired) electrons. The van der Waals surface area contributed by atoms with E-state index in [1.807, 2.05) is 36.4 Å². The first-order valence-corrected chi connectivity index (χ1v) is 12.7. The average molecular weight is 548 g/mol. The highest BCUT2D eigenvalue weighted by Crippen LogP contribution is 2.40. The Morgan fingerprint density at radius 2 is 1.84 bits per heavy atom. The van der Waals surface area contributed by atoms with Gasteiger partial charge in [-0.05, 0) is 47.5 Å². The molecule has 1 fully saturated rings. The molecule has 1 saturated heterocycles. The SMILES string of the molecule is O=C(O)c1ccc(/C=C2\SC(=S)N([C@@H](Cc3ccccc3)c3nnc(-c4cccc(Cl)c4)o3)C2=O)cc1. The van der Waals surface area contributed by atoms with Gasteiger partial charge in [0.2, 0.25) is 11.8 Å². The zero-order chi connectivity index (χ0) is 25.9. The van der Waals surface area contributed by atoms with Gasteiger partial charge in [0, 0.05) is 17.0 Å². The number of amides is 1. The van der Waals surface area contributed by atoms with Gasteiger partial charge in [-0.25, -0.2) is 4.79 Å². The predicted molar refractivity (Wildman–Crippen MR) is 146 cm³/mol. The van der Waals surface area contributed by atoms with Crippen LogP contribution in [0.1, 0.15) is 33.4 Å². The normalized spacial score (nSPS) is 15.4. The Morgan fingerprint density at radius 1 is 1.08 bits per heavy atom. The molecule has 0 aliphatic carbocycles. The lowest BCUT2D eigenvalue weighted by Gasteiger charge is -2.24. The van der Waals surface area contributed by atoms with E-state index in [1.54, 1.807) is 36.4 Å². The summed E-state index contributed by atoms with van der Waals surface area (Å²) in [6, 6.07) is 22.4. The minimum absolute atomic E-state index is 0.166. The molecular formula is C27H18ClN3O4S2. The maximum atomic E-state index is 13.6. The Hall–Kier alpha value is -3.79. The minimum atomic E-state index is -1.02. The molecule has 0 saturated carbocycles. The lowest BCUT2D eigenvalue weighted by Crippen LogP contribution is -2.34. The summed E-state index contributed by atoms with van der Waals surface area (Å²) in [5.41, 5.74) is 2.49. The van der Waals surface area contributed by atoms with Crippen LogP contribution < -0.4 is 0 Å². The summed E-state index contributed by atoms with van der Waals surface area (Å²) in [5, 5.41) is 18.1. The number of hydrogen-bond donors (Lipinski definition) is 1. The number of carbonyl (C=O) groups is 2. The van der Waals surface area contributed by atoms with Crippen LogP contribution in [0.4, 0.5) is 0 Å². The van der Waals surface area contributed by atoms with Crippen LogP contribution >= 0.6 is 35.6 Å². The lowest BCUT2D eigenvalue weighted by molar-refractivity contribution is -0.124. The van der Waals surface area contributed by atoms with Crippen molar-refractivity contribution in [3.8, 4) is 11.5 Å². The van der Waals surface area contributed by atoms with E-state index in [1.165, 1.54) is 28.8 Å². The first kappa shape index (κ1) is 24.9. The summed E-state index contributed by atoms with van der Waals surface area (Å²) in [6.07, 6.45) is 2.10. The standard InChI is InChI=1S/C27H18ClN3O4S2/c28-20-8-4-7-19(15-20)23-29-30-24(35-23)21(13-16-5-2-1-3-6-16)31-25(32)22(37-27(31)36)14-17-9-11-18(12-10-17)26(33)34/h1-12,14-15,21H,13H2,(H,33,34)/b22-14-/t21-/m0/s1. The van der Waals surface area contributed by atoms with E-state index in [0.29, 0.717) is 31.8 Å². The lowest BCUT2D eigenvalue weighted by atomic mass is 10.0. The monoisotopic (exact) mass is 547 g/mol. The Bertz CT molecular complexity index is 1520. The fourth-order valence-corrected chi connectivity index (χ4v) is 5.40. The maximum absolute atomic E-state index is 13.6. The summed E-state index contributed by atoms with van der Waals surface area (Å²) in [4.78, 5) is 26.6. The number of hydrogen-bond acceptors (Lipinski definition) is 7. The molecule has 37 heavy (non-hydrogen) atoms. The van der Waals surface area contributed by atoms with Gasteiger partial charge >= 0.3 is 5.97 Å². The molecule has 2 heterocycles. The molecule has 1 aliphatic heterocycles. The third-order valence-corrected chi connectivity index (χ3v) is 7.23. The zero-order valence-corrected chi connectivity index (χ0v) is 21.5. The van der Waals surface area contributed by atoms with E-state index in [2.05, 4.69) is 10.2 Å². The zero-order valence-electron chi connectivity index (χ0n) is 19.1. The number of nitrogens with zero attached hydrogens (tertiary/aromatic N) is 3. The molecular weight excluding hydrogens is 530 g/mol. The highest BCUT2D eigenvalue weighted by atomic mass is 35.5. The van der Waals surface area contributed by atoms with Crippen LogP contribution in [0.2, 0.25) is 5.02 Å². The van der Waals surface area contributed by atoms with Crippen molar-refractivity contribution < 1.29 is 19.1 Å². The molecule has 1 atom stereocenters. The average Bonchev–Trinajstić information content (AvgIpc) is 3.49. The van der Waals surface area contributed by atoms with E-state index in [9.17, 15) is 9.59 Å². The number of carboxylic acids is 1. The second-order valence-electron chi connectivity index (χ2n) is 8.14. The molecule has 5 rings (SSSR count). The first-order chi connectivity index (χ1) is 17.9. The molecule has 1 N–H and O–H groups in total. The van der Waals surface area contributed by atoms with Crippen molar-refractivity contribution in [2.75, 3.05) is 0 Å². The van der Waals surface area contributed by atoms with Crippen LogP contribution in [-0.2, 0) is 11.2 Å². The van der Waals surface area contributed by atoms with Crippen LogP contribution in [0.25, 0.3) is 17.5 Å². The van der Waals surface area contributed by atoms with Gasteiger partial charge in [0.05, 0.1) is 10.5 Å². The van der Waals surface area contributed by atoms with Crippen molar-refractivity contribution in [2.45, 2.75) is 12.5 Å². The molecule has 0 bridgehead atoms. The first-order valence-electron chi connectivity index (χ1n) is 11.1. The van der Waals surface area contributed by atoms with Crippen LogP contribution in [0.3, 0.4) is 0 Å². The van der Waals surface area contributed by atoms with Gasteiger partial charge < -0.3 is 9.52 Å². The minimum Gasteiger partial charge on any atom is -0.478 e. The quantitative estimate of drug-likeness (QED) is 0.213. The molecule has 4 aromatic rings. The number of aromatic carboxylic acids is 1. The number of rotatable bonds is 7. The number of aromatic nitrogens is 2. The number of thioether (sulfide) groups is 1. The Kier molecular flexibility index (Phi) is 7.18. The summed E-state index contributed by atoms with van der Waals surface area (Å²) >= 11 is 12.9. The fraction of sp³-hybridized carbons (Fsp3) is 0.0741. The van der Waals surface area contributed by atoms with Crippen molar-refractivity contribution in [2.24, 2.45) is 0 Å². The third-order valence-electron chi connectivity index (χ3n) is 5.66. The predicted octanol–water partition coefficient (Wildman–Crippen LogP) is 6.27. The molecule has 0 unspecified atom stereocenters. The summed E-state index contributed by atoms with van der Waals surface area (Å²) in [5.74, 6) is -0.767. The maximum Gasteiger partial charge on any atom is 0.335 e. The summed E-state index contributed by atoms with van der Waals surface area (Å²) in [7, 11) is 0. The molecule has 3 aromatic carbocycles. The van der Waals surface area contributed by atoms with Crippen LogP contribution in [0.15, 0.2) is 88.2 Å². The van der Waals surface area contributed by atoms with E-state index in [-0.39, 0.29) is 23.3 Å². The van der Waals surface area contributed by atoms with Crippen molar-refractivity contribution in [1.82, 2.24) is 15.1 Å². The number of carboxylic acid groups (broad SMARTS) is 1. The largest absolute Gasteiger partial charge is 0.478 e. The van der Waals surface area contributed by atoms with Crippen molar-refractivity contribution in [3.05, 3.63) is 111 Å². The van der Waals surface area contributed by atoms with Gasteiger partial charge in [-0.1, -0.05) is 84.1 Å². The van der Waals surface area contributed by atoms with Crippen LogP contribution in [0.5, 0.6) is 0 Å². The smallest absolute Gasteiger partial charge is 0.335 e. The van der Waals surface area contributed by atoms with Crippen LogP contribution in [0, 0.1) is 0 Å². The van der Waals surface area contributed by atoms with Crippen LogP contribution in [-0.4, -0.2) is 36.4 Å². The second kappa shape index (κ2) is 10.7. The topological polar surface area (TPSA) is 96.5 Å². The van der Waals surface area contributed by atoms with E-state index >= 15 is 0 Å². The highest BCUT2D eigenvalue weighted by Gasteiger charge is 2.40. The van der Waals surface area contributed by atoms with Gasteiger partial charge in [-0.3, -0.25) is 9.69 Å². The summed E-state index contributed by atoms with van der Waals surface area (Å²) in [6.45, 7) is 0. The van der Waals surface area contributed by atoms with Gasteiger partial charge in [0.1, 0.15) is 10.4 Å². The Labute approximate surface area is 226 Å². The number of carbonyl (C=O) groups excluding carboxylic acids is 1. The molecule has 1 amide bonds. The van der Waals surface area contributed by atoms with E-state index < -0.39 is 12.0 Å². The fourth-order valence-electron chi connectivity index (χ4n) is 3.86. The number of benzene rings is 3. The van der Waals surface area contributed by atoms with Crippen molar-refractivity contribution >= 4 is 57.9 Å². The molecule has 184 valence electrons. The number of halogens is 1.